The lowest BCUT2D eigenvalue weighted by Gasteiger charge is -2.15. The topological polar surface area (TPSA) is 88.6 Å². The Morgan fingerprint density at radius 3 is 2.06 bits per heavy atom. The summed E-state index contributed by atoms with van der Waals surface area (Å²) >= 11 is 0. The van der Waals surface area contributed by atoms with E-state index in [9.17, 15) is 5.11 Å². The first-order valence-electron chi connectivity index (χ1n) is 11.2. The lowest BCUT2D eigenvalue weighted by atomic mass is 9.99. The molecule has 3 rings (SSSR count). The van der Waals surface area contributed by atoms with Crippen molar-refractivity contribution in [2.24, 2.45) is 5.73 Å². The molecule has 4 N–H and O–H groups in total. The minimum atomic E-state index is 0.0710. The van der Waals surface area contributed by atoms with Gasteiger partial charge in [0.2, 0.25) is 0 Å². The molecule has 0 aliphatic heterocycles. The van der Waals surface area contributed by atoms with Gasteiger partial charge in [0.1, 0.15) is 36.3 Å². The zero-order valence-electron chi connectivity index (χ0n) is 18.9. The molecular weight excluding hydrogens is 400 g/mol. The summed E-state index contributed by atoms with van der Waals surface area (Å²) in [6.45, 7) is 5.10. The van der Waals surface area contributed by atoms with Crippen LogP contribution in [0.15, 0.2) is 60.7 Å². The van der Waals surface area contributed by atoms with Gasteiger partial charge in [0.15, 0.2) is 0 Å². The fourth-order valence-electron chi connectivity index (χ4n) is 3.66. The second kappa shape index (κ2) is 11.2. The van der Waals surface area contributed by atoms with E-state index in [-0.39, 0.29) is 11.6 Å². The first kappa shape index (κ1) is 23.2. The van der Waals surface area contributed by atoms with Gasteiger partial charge < -0.3 is 20.3 Å². The first-order chi connectivity index (χ1) is 15.5. The van der Waals surface area contributed by atoms with E-state index >= 15 is 0 Å². The lowest BCUT2D eigenvalue weighted by molar-refractivity contribution is 0.214. The third kappa shape index (κ3) is 6.03. The minimum Gasteiger partial charge on any atom is -0.508 e. The standard InChI is InChI=1S/C27H32N2O3/c1-3-5-20-11-13-24(30)18-26(20)32-16-15-31-25-14-12-22(17-23(25)6-4-2)19-7-9-21(10-8-19)27(28)29/h7-14,17-18,30H,3-6,15-16H2,1-2H3,(H3,28,29). The molecule has 0 spiro atoms. The number of nitrogens with two attached hydrogens (primary N) is 1. The summed E-state index contributed by atoms with van der Waals surface area (Å²) < 4.78 is 12.0. The number of nitrogen functional groups attached to an aromatic ring is 1. The van der Waals surface area contributed by atoms with Crippen molar-refractivity contribution in [3.8, 4) is 28.4 Å². The van der Waals surface area contributed by atoms with Crippen molar-refractivity contribution in [2.75, 3.05) is 13.2 Å². The second-order valence-corrected chi connectivity index (χ2v) is 7.80. The van der Waals surface area contributed by atoms with E-state index in [0.29, 0.717) is 19.0 Å². The van der Waals surface area contributed by atoms with Crippen molar-refractivity contribution >= 4 is 5.84 Å². The van der Waals surface area contributed by atoms with Crippen LogP contribution < -0.4 is 15.2 Å². The van der Waals surface area contributed by atoms with E-state index in [4.69, 9.17) is 20.6 Å². The smallest absolute Gasteiger partial charge is 0.126 e. The molecule has 0 aliphatic rings. The number of nitrogens with one attached hydrogen (secondary N) is 1. The Kier molecular flexibility index (Phi) is 8.14. The number of amidine groups is 1. The van der Waals surface area contributed by atoms with Crippen LogP contribution in [0.1, 0.15) is 43.4 Å². The number of aromatic hydroxyl groups is 1. The highest BCUT2D eigenvalue weighted by atomic mass is 16.5. The van der Waals surface area contributed by atoms with E-state index in [1.807, 2.05) is 42.5 Å². The van der Waals surface area contributed by atoms with Gasteiger partial charge in [-0.25, -0.2) is 0 Å². The van der Waals surface area contributed by atoms with Crippen LogP contribution in [0.3, 0.4) is 0 Å². The zero-order chi connectivity index (χ0) is 22.9. The van der Waals surface area contributed by atoms with Gasteiger partial charge in [0.25, 0.3) is 0 Å². The molecular formula is C27H32N2O3. The Hall–Kier alpha value is -3.47. The molecule has 0 amide bonds. The maximum absolute atomic E-state index is 9.77. The van der Waals surface area contributed by atoms with Crippen LogP contribution in [0.5, 0.6) is 17.2 Å². The summed E-state index contributed by atoms with van der Waals surface area (Å²) in [5.41, 5.74) is 10.7. The Morgan fingerprint density at radius 1 is 0.781 bits per heavy atom. The number of phenols is 1. The number of rotatable bonds is 11. The third-order valence-electron chi connectivity index (χ3n) is 5.28. The normalized spacial score (nSPS) is 10.7. The van der Waals surface area contributed by atoms with Gasteiger partial charge in [-0.05, 0) is 53.3 Å². The minimum absolute atomic E-state index is 0.0710. The Morgan fingerprint density at radius 2 is 1.41 bits per heavy atom. The van der Waals surface area contributed by atoms with Crippen LogP contribution in [-0.4, -0.2) is 24.2 Å². The summed E-state index contributed by atoms with van der Waals surface area (Å²) in [4.78, 5) is 0. The van der Waals surface area contributed by atoms with Crippen molar-refractivity contribution in [1.29, 1.82) is 5.41 Å². The molecule has 0 atom stereocenters. The van der Waals surface area contributed by atoms with E-state index in [0.717, 1.165) is 59.3 Å². The molecule has 0 aromatic heterocycles. The van der Waals surface area contributed by atoms with Crippen LogP contribution in [0.2, 0.25) is 0 Å². The highest BCUT2D eigenvalue weighted by molar-refractivity contribution is 5.95. The second-order valence-electron chi connectivity index (χ2n) is 7.80. The van der Waals surface area contributed by atoms with E-state index in [2.05, 4.69) is 19.9 Å². The molecule has 32 heavy (non-hydrogen) atoms. The molecule has 0 saturated heterocycles. The predicted octanol–water partition coefficient (Wildman–Crippen LogP) is 5.71. The van der Waals surface area contributed by atoms with Gasteiger partial charge in [0.05, 0.1) is 0 Å². The fourth-order valence-corrected chi connectivity index (χ4v) is 3.66. The summed E-state index contributed by atoms with van der Waals surface area (Å²) in [7, 11) is 0. The zero-order valence-corrected chi connectivity index (χ0v) is 18.9. The molecule has 5 heteroatoms. The number of aryl methyl sites for hydroxylation is 2. The lowest BCUT2D eigenvalue weighted by Crippen LogP contribution is -2.11. The fraction of sp³-hybridized carbons (Fsp3) is 0.296. The van der Waals surface area contributed by atoms with Gasteiger partial charge in [-0.3, -0.25) is 5.41 Å². The SMILES string of the molecule is CCCc1cc(-c2ccc(C(=N)N)cc2)ccc1OCCOc1cc(O)ccc1CCC. The number of benzene rings is 3. The van der Waals surface area contributed by atoms with Crippen LogP contribution in [0.4, 0.5) is 0 Å². The van der Waals surface area contributed by atoms with Gasteiger partial charge in [-0.15, -0.1) is 0 Å². The molecule has 0 fully saturated rings. The van der Waals surface area contributed by atoms with E-state index in [1.165, 1.54) is 0 Å². The number of hydrogen-bond acceptors (Lipinski definition) is 4. The van der Waals surface area contributed by atoms with E-state index < -0.39 is 0 Å². The predicted molar refractivity (Wildman–Crippen MR) is 130 cm³/mol. The molecule has 0 unspecified atom stereocenters. The molecule has 0 aliphatic carbocycles. The van der Waals surface area contributed by atoms with Crippen molar-refractivity contribution in [3.05, 3.63) is 77.4 Å². The molecule has 0 saturated carbocycles. The van der Waals surface area contributed by atoms with E-state index in [1.54, 1.807) is 12.1 Å². The molecule has 5 nitrogen and oxygen atoms in total. The molecule has 0 radical (unpaired) electrons. The summed E-state index contributed by atoms with van der Waals surface area (Å²) in [5.74, 6) is 1.86. The first-order valence-corrected chi connectivity index (χ1v) is 11.2. The van der Waals surface area contributed by atoms with Crippen LogP contribution >= 0.6 is 0 Å². The van der Waals surface area contributed by atoms with Crippen LogP contribution in [0, 0.1) is 5.41 Å². The van der Waals surface area contributed by atoms with Crippen molar-refractivity contribution in [3.63, 3.8) is 0 Å². The van der Waals surface area contributed by atoms with Crippen molar-refractivity contribution in [1.82, 2.24) is 0 Å². The van der Waals surface area contributed by atoms with Crippen LogP contribution in [-0.2, 0) is 12.8 Å². The quantitative estimate of drug-likeness (QED) is 0.206. The molecule has 168 valence electrons. The number of hydrogen-bond donors (Lipinski definition) is 3. The summed E-state index contributed by atoms with van der Waals surface area (Å²) in [5, 5.41) is 17.3. The summed E-state index contributed by atoms with van der Waals surface area (Å²) in [6, 6.07) is 19.2. The number of ether oxygens (including phenoxy) is 2. The third-order valence-corrected chi connectivity index (χ3v) is 5.28. The highest BCUT2D eigenvalue weighted by Gasteiger charge is 2.09. The molecule has 3 aromatic carbocycles. The Bertz CT molecular complexity index is 1050. The molecule has 0 heterocycles. The summed E-state index contributed by atoms with van der Waals surface area (Å²) in [6.07, 6.45) is 3.86. The van der Waals surface area contributed by atoms with Gasteiger partial charge in [0, 0.05) is 11.6 Å². The highest BCUT2D eigenvalue weighted by Crippen LogP contribution is 2.29. The molecule has 0 bridgehead atoms. The monoisotopic (exact) mass is 432 g/mol. The average Bonchev–Trinajstić information content (AvgIpc) is 2.79. The van der Waals surface area contributed by atoms with Gasteiger partial charge in [-0.2, -0.15) is 0 Å². The van der Waals surface area contributed by atoms with Gasteiger partial charge >= 0.3 is 0 Å². The Balaban J connectivity index is 1.66. The van der Waals surface area contributed by atoms with Crippen molar-refractivity contribution < 1.29 is 14.6 Å². The molecule has 3 aromatic rings. The Labute approximate surface area is 190 Å². The number of phenolic OH excluding ortho intramolecular Hbond substituents is 1. The maximum Gasteiger partial charge on any atom is 0.126 e. The maximum atomic E-state index is 9.77. The van der Waals surface area contributed by atoms with Crippen LogP contribution in [0.25, 0.3) is 11.1 Å². The van der Waals surface area contributed by atoms with Gasteiger partial charge in [-0.1, -0.05) is 63.1 Å². The van der Waals surface area contributed by atoms with Crippen molar-refractivity contribution in [2.45, 2.75) is 39.5 Å². The largest absolute Gasteiger partial charge is 0.508 e. The average molecular weight is 433 g/mol.